The topological polar surface area (TPSA) is 46.2 Å². The second-order valence-electron chi connectivity index (χ2n) is 3.21. The van der Waals surface area contributed by atoms with Gasteiger partial charge in [0.2, 0.25) is 0 Å². The number of phenolic OH excluding ortho intramolecular Hbond substituents is 1. The molecule has 0 spiro atoms. The van der Waals surface area contributed by atoms with Crippen LogP contribution in [-0.2, 0) is 6.42 Å². The predicted octanol–water partition coefficient (Wildman–Crippen LogP) is 2.49. The molecule has 0 heterocycles. The first-order valence-electron chi connectivity index (χ1n) is 4.44. The zero-order valence-corrected chi connectivity index (χ0v) is 9.57. The molecule has 4 heteroatoms. The molecule has 0 aliphatic rings. The number of benzene rings is 1. The third-order valence-corrected chi connectivity index (χ3v) is 3.20. The third-order valence-electron chi connectivity index (χ3n) is 2.10. The fourth-order valence-corrected chi connectivity index (χ4v) is 1.82. The second-order valence-corrected chi connectivity index (χ2v) is 4.00. The van der Waals surface area contributed by atoms with Gasteiger partial charge in [-0.3, -0.25) is 0 Å². The van der Waals surface area contributed by atoms with Crippen LogP contribution in [0.25, 0.3) is 0 Å². The van der Waals surface area contributed by atoms with Crippen molar-refractivity contribution < 1.29 is 9.50 Å². The molecule has 0 atom stereocenters. The molecule has 3 N–H and O–H groups in total. The largest absolute Gasteiger partial charge is 0.505 e. The number of aromatic hydroxyl groups is 1. The third kappa shape index (κ3) is 2.25. The van der Waals surface area contributed by atoms with Gasteiger partial charge in [0.15, 0.2) is 11.6 Å². The average Bonchev–Trinajstić information content (AvgIpc) is 2.15. The Bertz CT molecular complexity index is 315. The fraction of sp³-hybridized carbons (Fsp3) is 0.400. The summed E-state index contributed by atoms with van der Waals surface area (Å²) in [6.07, 6.45) is 1.32. The Morgan fingerprint density at radius 1 is 1.57 bits per heavy atom. The molecule has 0 bridgehead atoms. The summed E-state index contributed by atoms with van der Waals surface area (Å²) in [4.78, 5) is 0. The van der Waals surface area contributed by atoms with Gasteiger partial charge in [0.25, 0.3) is 0 Å². The van der Waals surface area contributed by atoms with E-state index in [2.05, 4.69) is 15.9 Å². The molecule has 1 aromatic carbocycles. The van der Waals surface area contributed by atoms with Crippen molar-refractivity contribution in [2.75, 3.05) is 6.54 Å². The second kappa shape index (κ2) is 4.75. The normalized spacial score (nSPS) is 10.6. The summed E-state index contributed by atoms with van der Waals surface area (Å²) in [5.41, 5.74) is 6.75. The predicted molar refractivity (Wildman–Crippen MR) is 57.9 cm³/mol. The van der Waals surface area contributed by atoms with E-state index in [-0.39, 0.29) is 5.75 Å². The number of halogens is 2. The maximum atomic E-state index is 13.1. The van der Waals surface area contributed by atoms with E-state index in [0.717, 1.165) is 16.5 Å². The van der Waals surface area contributed by atoms with Crippen LogP contribution < -0.4 is 5.73 Å². The van der Waals surface area contributed by atoms with E-state index in [9.17, 15) is 9.50 Å². The van der Waals surface area contributed by atoms with E-state index >= 15 is 0 Å². The van der Waals surface area contributed by atoms with Crippen LogP contribution in [0.4, 0.5) is 4.39 Å². The highest BCUT2D eigenvalue weighted by Gasteiger charge is 2.13. The van der Waals surface area contributed by atoms with Gasteiger partial charge in [-0.25, -0.2) is 4.39 Å². The van der Waals surface area contributed by atoms with Crippen LogP contribution in [-0.4, -0.2) is 11.7 Å². The summed E-state index contributed by atoms with van der Waals surface area (Å²) in [5.74, 6) is -0.839. The minimum absolute atomic E-state index is 0.268. The molecule has 14 heavy (non-hydrogen) atoms. The first-order valence-corrected chi connectivity index (χ1v) is 5.23. The summed E-state index contributed by atoms with van der Waals surface area (Å²) in [5, 5.41) is 9.48. The maximum Gasteiger partial charge on any atom is 0.165 e. The number of rotatable bonds is 3. The smallest absolute Gasteiger partial charge is 0.165 e. The average molecular weight is 262 g/mol. The van der Waals surface area contributed by atoms with Gasteiger partial charge in [-0.2, -0.15) is 0 Å². The first kappa shape index (κ1) is 11.5. The first-order chi connectivity index (χ1) is 6.57. The summed E-state index contributed by atoms with van der Waals surface area (Å²) < 4.78 is 13.9. The van der Waals surface area contributed by atoms with Crippen molar-refractivity contribution in [1.29, 1.82) is 0 Å². The monoisotopic (exact) mass is 261 g/mol. The standard InChI is InChI=1S/C10H13BrFNO/c1-6-5-8(12)10(14)7(9(6)11)3-2-4-13/h5,14H,2-4,13H2,1H3. The van der Waals surface area contributed by atoms with E-state index < -0.39 is 5.82 Å². The fourth-order valence-electron chi connectivity index (χ4n) is 1.31. The van der Waals surface area contributed by atoms with Gasteiger partial charge >= 0.3 is 0 Å². The molecule has 0 unspecified atom stereocenters. The van der Waals surface area contributed by atoms with Crippen LogP contribution in [0.15, 0.2) is 10.5 Å². The lowest BCUT2D eigenvalue weighted by Gasteiger charge is -2.10. The van der Waals surface area contributed by atoms with Crippen molar-refractivity contribution in [1.82, 2.24) is 0 Å². The molecule has 0 radical (unpaired) electrons. The highest BCUT2D eigenvalue weighted by Crippen LogP contribution is 2.32. The van der Waals surface area contributed by atoms with Crippen molar-refractivity contribution in [2.24, 2.45) is 5.73 Å². The van der Waals surface area contributed by atoms with E-state index in [1.54, 1.807) is 6.92 Å². The van der Waals surface area contributed by atoms with Crippen LogP contribution in [0.1, 0.15) is 17.5 Å². The number of hydrogen-bond donors (Lipinski definition) is 2. The summed E-state index contributed by atoms with van der Waals surface area (Å²) in [6.45, 7) is 2.32. The van der Waals surface area contributed by atoms with Crippen LogP contribution in [0.3, 0.4) is 0 Å². The molecule has 0 aromatic heterocycles. The minimum atomic E-state index is -0.572. The van der Waals surface area contributed by atoms with Gasteiger partial charge in [0.05, 0.1) is 0 Å². The van der Waals surface area contributed by atoms with Crippen LogP contribution in [0.2, 0.25) is 0 Å². The Morgan fingerprint density at radius 2 is 2.21 bits per heavy atom. The minimum Gasteiger partial charge on any atom is -0.505 e. The Hall–Kier alpha value is -0.610. The molecular weight excluding hydrogens is 249 g/mol. The van der Waals surface area contributed by atoms with Crippen molar-refractivity contribution >= 4 is 15.9 Å². The summed E-state index contributed by atoms with van der Waals surface area (Å²) in [6, 6.07) is 1.31. The zero-order chi connectivity index (χ0) is 10.7. The van der Waals surface area contributed by atoms with E-state index in [0.29, 0.717) is 18.5 Å². The SMILES string of the molecule is Cc1cc(F)c(O)c(CCCN)c1Br. The number of nitrogens with two attached hydrogens (primary N) is 1. The maximum absolute atomic E-state index is 13.1. The zero-order valence-electron chi connectivity index (χ0n) is 7.98. The summed E-state index contributed by atoms with van der Waals surface area (Å²) in [7, 11) is 0. The molecular formula is C10H13BrFNO. The lowest BCUT2D eigenvalue weighted by Crippen LogP contribution is -2.02. The van der Waals surface area contributed by atoms with Crippen LogP contribution >= 0.6 is 15.9 Å². The molecule has 0 amide bonds. The molecule has 78 valence electrons. The lowest BCUT2D eigenvalue weighted by molar-refractivity contribution is 0.424. The van der Waals surface area contributed by atoms with Crippen molar-refractivity contribution in [3.8, 4) is 5.75 Å². The van der Waals surface area contributed by atoms with E-state index in [4.69, 9.17) is 5.73 Å². The van der Waals surface area contributed by atoms with Crippen LogP contribution in [0.5, 0.6) is 5.75 Å². The highest BCUT2D eigenvalue weighted by molar-refractivity contribution is 9.10. The van der Waals surface area contributed by atoms with Gasteiger partial charge in [0, 0.05) is 10.0 Å². The van der Waals surface area contributed by atoms with Gasteiger partial charge in [-0.05, 0) is 37.9 Å². The van der Waals surface area contributed by atoms with Gasteiger partial charge in [-0.1, -0.05) is 15.9 Å². The molecule has 0 fully saturated rings. The number of phenols is 1. The Kier molecular flexibility index (Phi) is 3.89. The van der Waals surface area contributed by atoms with Gasteiger partial charge in [0.1, 0.15) is 0 Å². The van der Waals surface area contributed by atoms with Crippen LogP contribution in [0, 0.1) is 12.7 Å². The lowest BCUT2D eigenvalue weighted by atomic mass is 10.1. The van der Waals surface area contributed by atoms with Crippen molar-refractivity contribution in [3.05, 3.63) is 27.5 Å². The molecule has 0 aliphatic carbocycles. The molecule has 1 aromatic rings. The molecule has 0 aliphatic heterocycles. The quantitative estimate of drug-likeness (QED) is 0.879. The number of aryl methyl sites for hydroxylation is 1. The molecule has 0 saturated carbocycles. The van der Waals surface area contributed by atoms with Crippen molar-refractivity contribution in [2.45, 2.75) is 19.8 Å². The van der Waals surface area contributed by atoms with Gasteiger partial charge in [-0.15, -0.1) is 0 Å². The molecule has 1 rings (SSSR count). The Labute approximate surface area is 91.1 Å². The highest BCUT2D eigenvalue weighted by atomic mass is 79.9. The molecule has 0 saturated heterocycles. The van der Waals surface area contributed by atoms with Gasteiger partial charge < -0.3 is 10.8 Å². The molecule has 2 nitrogen and oxygen atoms in total. The van der Waals surface area contributed by atoms with E-state index in [1.807, 2.05) is 0 Å². The van der Waals surface area contributed by atoms with Crippen molar-refractivity contribution in [3.63, 3.8) is 0 Å². The van der Waals surface area contributed by atoms with E-state index in [1.165, 1.54) is 6.07 Å². The Morgan fingerprint density at radius 3 is 2.79 bits per heavy atom. The Balaban J connectivity index is 3.11. The number of hydrogen-bond acceptors (Lipinski definition) is 2. The summed E-state index contributed by atoms with van der Waals surface area (Å²) >= 11 is 3.33.